The number of piperidine rings is 1. The standard InChI is InChI=1S/C17H24N4O2S/c1-12(2)9-19-17(23)21-6-3-4-13(10-21)16(22)20-15(8-18)14-5-7-24-11-14/h5,7,11-13,15H,3-4,6,9-10H2,1-2H3,(H,19,23)(H,20,22). The number of nitriles is 1. The fourth-order valence-corrected chi connectivity index (χ4v) is 3.35. The Morgan fingerprint density at radius 1 is 1.50 bits per heavy atom. The summed E-state index contributed by atoms with van der Waals surface area (Å²) in [6, 6.07) is 3.22. The van der Waals surface area contributed by atoms with E-state index in [0.29, 0.717) is 25.6 Å². The van der Waals surface area contributed by atoms with Crippen molar-refractivity contribution in [3.05, 3.63) is 22.4 Å². The van der Waals surface area contributed by atoms with Crippen LogP contribution in [0.1, 0.15) is 38.3 Å². The number of carbonyl (C=O) groups is 2. The Morgan fingerprint density at radius 2 is 2.29 bits per heavy atom. The molecule has 3 amide bonds. The van der Waals surface area contributed by atoms with Gasteiger partial charge in [0.05, 0.1) is 12.0 Å². The molecule has 2 heterocycles. The van der Waals surface area contributed by atoms with Crippen molar-refractivity contribution in [2.75, 3.05) is 19.6 Å². The number of nitrogens with zero attached hydrogens (tertiary/aromatic N) is 2. The molecule has 2 atom stereocenters. The van der Waals surface area contributed by atoms with Gasteiger partial charge in [0.15, 0.2) is 0 Å². The van der Waals surface area contributed by atoms with Crippen molar-refractivity contribution in [2.24, 2.45) is 11.8 Å². The summed E-state index contributed by atoms with van der Waals surface area (Å²) in [6.45, 7) is 5.77. The second kappa shape index (κ2) is 8.69. The van der Waals surface area contributed by atoms with Crippen molar-refractivity contribution in [3.8, 4) is 6.07 Å². The maximum Gasteiger partial charge on any atom is 0.317 e. The first-order valence-electron chi connectivity index (χ1n) is 8.26. The molecule has 0 spiro atoms. The van der Waals surface area contributed by atoms with Gasteiger partial charge in [0.25, 0.3) is 0 Å². The fraction of sp³-hybridized carbons (Fsp3) is 0.588. The Labute approximate surface area is 146 Å². The first-order valence-corrected chi connectivity index (χ1v) is 9.20. The largest absolute Gasteiger partial charge is 0.338 e. The van der Waals surface area contributed by atoms with E-state index in [-0.39, 0.29) is 17.9 Å². The number of nitrogens with one attached hydrogen (secondary N) is 2. The van der Waals surface area contributed by atoms with Crippen LogP contribution in [-0.4, -0.2) is 36.5 Å². The topological polar surface area (TPSA) is 85.2 Å². The van der Waals surface area contributed by atoms with Crippen molar-refractivity contribution in [1.82, 2.24) is 15.5 Å². The molecule has 1 aromatic heterocycles. The number of amides is 3. The minimum absolute atomic E-state index is 0.115. The summed E-state index contributed by atoms with van der Waals surface area (Å²) >= 11 is 1.49. The molecule has 1 aliphatic heterocycles. The van der Waals surface area contributed by atoms with Crippen LogP contribution in [0.2, 0.25) is 0 Å². The van der Waals surface area contributed by atoms with Gasteiger partial charge in [-0.05, 0) is 41.1 Å². The maximum absolute atomic E-state index is 12.5. The number of carbonyl (C=O) groups excluding carboxylic acids is 2. The molecule has 0 aromatic carbocycles. The summed E-state index contributed by atoms with van der Waals surface area (Å²) in [5.41, 5.74) is 0.804. The van der Waals surface area contributed by atoms with Crippen molar-refractivity contribution < 1.29 is 9.59 Å². The molecule has 0 radical (unpaired) electrons. The molecule has 130 valence electrons. The minimum atomic E-state index is -0.631. The van der Waals surface area contributed by atoms with E-state index in [1.165, 1.54) is 11.3 Å². The Hall–Kier alpha value is -2.07. The van der Waals surface area contributed by atoms with Crippen LogP contribution in [0.5, 0.6) is 0 Å². The Morgan fingerprint density at radius 3 is 2.92 bits per heavy atom. The van der Waals surface area contributed by atoms with Gasteiger partial charge in [-0.2, -0.15) is 16.6 Å². The van der Waals surface area contributed by atoms with Crippen LogP contribution in [0.15, 0.2) is 16.8 Å². The lowest BCUT2D eigenvalue weighted by molar-refractivity contribution is -0.126. The molecule has 1 saturated heterocycles. The number of hydrogen-bond donors (Lipinski definition) is 2. The minimum Gasteiger partial charge on any atom is -0.338 e. The van der Waals surface area contributed by atoms with E-state index in [2.05, 4.69) is 16.7 Å². The summed E-state index contributed by atoms with van der Waals surface area (Å²) in [5.74, 6) is -0.0352. The summed E-state index contributed by atoms with van der Waals surface area (Å²) < 4.78 is 0. The van der Waals surface area contributed by atoms with Gasteiger partial charge in [0.2, 0.25) is 5.91 Å². The molecule has 2 N–H and O–H groups in total. The lowest BCUT2D eigenvalue weighted by atomic mass is 9.96. The van der Waals surface area contributed by atoms with Crippen LogP contribution in [0.25, 0.3) is 0 Å². The van der Waals surface area contributed by atoms with Gasteiger partial charge in [0, 0.05) is 19.6 Å². The van der Waals surface area contributed by atoms with Gasteiger partial charge in [-0.3, -0.25) is 4.79 Å². The van der Waals surface area contributed by atoms with Crippen LogP contribution in [0, 0.1) is 23.2 Å². The second-order valence-electron chi connectivity index (χ2n) is 6.49. The number of likely N-dealkylation sites (tertiary alicyclic amines) is 1. The van der Waals surface area contributed by atoms with E-state index in [0.717, 1.165) is 18.4 Å². The molecule has 1 aromatic rings. The van der Waals surface area contributed by atoms with Gasteiger partial charge in [0.1, 0.15) is 6.04 Å². The molecule has 1 fully saturated rings. The summed E-state index contributed by atoms with van der Waals surface area (Å²) in [7, 11) is 0. The summed E-state index contributed by atoms with van der Waals surface area (Å²) in [4.78, 5) is 26.3. The van der Waals surface area contributed by atoms with Crippen LogP contribution in [-0.2, 0) is 4.79 Å². The van der Waals surface area contributed by atoms with Crippen molar-refractivity contribution in [1.29, 1.82) is 5.26 Å². The first kappa shape index (κ1) is 18.3. The van der Waals surface area contributed by atoms with Crippen LogP contribution < -0.4 is 10.6 Å². The smallest absolute Gasteiger partial charge is 0.317 e. The van der Waals surface area contributed by atoms with Crippen LogP contribution in [0.3, 0.4) is 0 Å². The number of hydrogen-bond acceptors (Lipinski definition) is 4. The van der Waals surface area contributed by atoms with Gasteiger partial charge >= 0.3 is 6.03 Å². The highest BCUT2D eigenvalue weighted by Gasteiger charge is 2.29. The molecule has 7 heteroatoms. The highest BCUT2D eigenvalue weighted by Crippen LogP contribution is 2.20. The third-order valence-electron chi connectivity index (χ3n) is 4.03. The van der Waals surface area contributed by atoms with Gasteiger partial charge < -0.3 is 15.5 Å². The van der Waals surface area contributed by atoms with Gasteiger partial charge in [-0.1, -0.05) is 13.8 Å². The molecule has 2 unspecified atom stereocenters. The van der Waals surface area contributed by atoms with Crippen molar-refractivity contribution >= 4 is 23.3 Å². The molecule has 0 bridgehead atoms. The van der Waals surface area contributed by atoms with Crippen molar-refractivity contribution in [3.63, 3.8) is 0 Å². The summed E-state index contributed by atoms with van der Waals surface area (Å²) in [6.07, 6.45) is 1.53. The molecule has 24 heavy (non-hydrogen) atoms. The number of urea groups is 1. The van der Waals surface area contributed by atoms with E-state index < -0.39 is 6.04 Å². The molecule has 0 saturated carbocycles. The molecule has 0 aliphatic carbocycles. The van der Waals surface area contributed by atoms with E-state index in [1.54, 1.807) is 4.90 Å². The quantitative estimate of drug-likeness (QED) is 0.857. The number of rotatable bonds is 5. The van der Waals surface area contributed by atoms with E-state index >= 15 is 0 Å². The zero-order valence-corrected chi connectivity index (χ0v) is 14.9. The fourth-order valence-electron chi connectivity index (χ4n) is 2.67. The van der Waals surface area contributed by atoms with Crippen LogP contribution >= 0.6 is 11.3 Å². The van der Waals surface area contributed by atoms with E-state index in [9.17, 15) is 14.9 Å². The molecule has 2 rings (SSSR count). The molecular formula is C17H24N4O2S. The highest BCUT2D eigenvalue weighted by molar-refractivity contribution is 7.08. The predicted octanol–water partition coefficient (Wildman–Crippen LogP) is 2.51. The zero-order chi connectivity index (χ0) is 17.5. The lowest BCUT2D eigenvalue weighted by Gasteiger charge is -2.32. The monoisotopic (exact) mass is 348 g/mol. The normalized spacial score (nSPS) is 18.8. The van der Waals surface area contributed by atoms with Gasteiger partial charge in [-0.15, -0.1) is 0 Å². The van der Waals surface area contributed by atoms with Crippen LogP contribution in [0.4, 0.5) is 4.79 Å². The summed E-state index contributed by atoms with van der Waals surface area (Å²) in [5, 5.41) is 18.7. The highest BCUT2D eigenvalue weighted by atomic mass is 32.1. The first-order chi connectivity index (χ1) is 11.5. The molecular weight excluding hydrogens is 324 g/mol. The molecule has 6 nitrogen and oxygen atoms in total. The van der Waals surface area contributed by atoms with E-state index in [4.69, 9.17) is 0 Å². The van der Waals surface area contributed by atoms with E-state index in [1.807, 2.05) is 30.7 Å². The Bertz CT molecular complexity index is 594. The third-order valence-corrected chi connectivity index (χ3v) is 4.73. The SMILES string of the molecule is CC(C)CNC(=O)N1CCCC(C(=O)NC(C#N)c2ccsc2)C1. The lowest BCUT2D eigenvalue weighted by Crippen LogP contribution is -2.49. The second-order valence-corrected chi connectivity index (χ2v) is 7.27. The Kier molecular flexibility index (Phi) is 6.62. The average Bonchev–Trinajstić information content (AvgIpc) is 3.11. The Balaban J connectivity index is 1.90. The average molecular weight is 348 g/mol. The zero-order valence-electron chi connectivity index (χ0n) is 14.1. The van der Waals surface area contributed by atoms with Crippen molar-refractivity contribution in [2.45, 2.75) is 32.7 Å². The molecule has 1 aliphatic rings. The number of thiophene rings is 1. The third kappa shape index (κ3) is 4.96. The van der Waals surface area contributed by atoms with Gasteiger partial charge in [-0.25, -0.2) is 4.79 Å². The predicted molar refractivity (Wildman–Crippen MR) is 93.3 cm³/mol. The maximum atomic E-state index is 12.5.